The molecule has 4 aromatic rings. The molecule has 0 spiro atoms. The SMILES string of the molecule is CC(C)(C)OC(=O)CN(C(=O)OC(C)(C)C)c1cccc(CN(Cc2ccc(-c3ncc(Cl)s3)cc2)S(=O)(=O)c2ccccn2)n1. The number of carbonyl (C=O) groups excluding carboxylic acids is 2. The van der Waals surface area contributed by atoms with Gasteiger partial charge in [-0.05, 0) is 71.4 Å². The van der Waals surface area contributed by atoms with Crippen LogP contribution in [0, 0.1) is 0 Å². The molecule has 244 valence electrons. The normalized spacial score (nSPS) is 12.2. The lowest BCUT2D eigenvalue weighted by Gasteiger charge is -2.28. The van der Waals surface area contributed by atoms with Crippen LogP contribution in [0.15, 0.2) is 78.1 Å². The van der Waals surface area contributed by atoms with Gasteiger partial charge in [0, 0.05) is 18.3 Å². The highest BCUT2D eigenvalue weighted by molar-refractivity contribution is 7.89. The van der Waals surface area contributed by atoms with E-state index in [2.05, 4.69) is 15.0 Å². The Morgan fingerprint density at radius 3 is 2.15 bits per heavy atom. The van der Waals surface area contributed by atoms with E-state index >= 15 is 0 Å². The molecule has 0 radical (unpaired) electrons. The van der Waals surface area contributed by atoms with Crippen LogP contribution in [0.2, 0.25) is 4.34 Å². The number of thiazole rings is 1. The van der Waals surface area contributed by atoms with E-state index in [1.54, 1.807) is 78.1 Å². The van der Waals surface area contributed by atoms with E-state index in [1.807, 2.05) is 24.3 Å². The van der Waals surface area contributed by atoms with Crippen molar-refractivity contribution in [1.29, 1.82) is 0 Å². The first-order valence-electron chi connectivity index (χ1n) is 14.3. The van der Waals surface area contributed by atoms with E-state index in [0.717, 1.165) is 15.5 Å². The molecule has 0 aliphatic heterocycles. The van der Waals surface area contributed by atoms with Crippen LogP contribution in [-0.2, 0) is 37.4 Å². The maximum absolute atomic E-state index is 13.9. The number of anilines is 1. The van der Waals surface area contributed by atoms with Crippen molar-refractivity contribution < 1.29 is 27.5 Å². The number of carbonyl (C=O) groups is 2. The third-order valence-electron chi connectivity index (χ3n) is 6.01. The van der Waals surface area contributed by atoms with E-state index in [9.17, 15) is 18.0 Å². The molecule has 3 aromatic heterocycles. The first-order valence-corrected chi connectivity index (χ1v) is 16.9. The zero-order chi connectivity index (χ0) is 33.7. The van der Waals surface area contributed by atoms with Gasteiger partial charge in [-0.1, -0.05) is 48.0 Å². The molecule has 0 saturated heterocycles. The van der Waals surface area contributed by atoms with Crippen molar-refractivity contribution in [2.45, 2.75) is 70.9 Å². The van der Waals surface area contributed by atoms with Gasteiger partial charge in [-0.3, -0.25) is 9.69 Å². The fourth-order valence-electron chi connectivity index (χ4n) is 4.15. The van der Waals surface area contributed by atoms with Crippen molar-refractivity contribution in [3.63, 3.8) is 0 Å². The summed E-state index contributed by atoms with van der Waals surface area (Å²) in [4.78, 5) is 40.1. The minimum absolute atomic E-state index is 0.00257. The molecule has 0 aliphatic rings. The van der Waals surface area contributed by atoms with E-state index in [1.165, 1.54) is 27.9 Å². The number of benzene rings is 1. The first kappa shape index (κ1) is 35.0. The van der Waals surface area contributed by atoms with Crippen LogP contribution in [0.5, 0.6) is 0 Å². The van der Waals surface area contributed by atoms with Gasteiger partial charge >= 0.3 is 12.1 Å². The van der Waals surface area contributed by atoms with Crippen LogP contribution in [-0.4, -0.2) is 57.5 Å². The highest BCUT2D eigenvalue weighted by Crippen LogP contribution is 2.29. The second-order valence-electron chi connectivity index (χ2n) is 12.2. The quantitative estimate of drug-likeness (QED) is 0.167. The van der Waals surface area contributed by atoms with Gasteiger partial charge in [0.05, 0.1) is 18.4 Å². The average Bonchev–Trinajstić information content (AvgIpc) is 3.41. The molecule has 14 heteroatoms. The Bertz CT molecular complexity index is 1770. The molecule has 0 unspecified atom stereocenters. The summed E-state index contributed by atoms with van der Waals surface area (Å²) in [5.41, 5.74) is 0.251. The number of aromatic nitrogens is 3. The van der Waals surface area contributed by atoms with Crippen LogP contribution >= 0.6 is 22.9 Å². The Morgan fingerprint density at radius 1 is 0.870 bits per heavy atom. The van der Waals surface area contributed by atoms with Crippen LogP contribution in [0.25, 0.3) is 10.6 Å². The van der Waals surface area contributed by atoms with Crippen molar-refractivity contribution in [3.8, 4) is 10.6 Å². The number of pyridine rings is 2. The Balaban J connectivity index is 1.67. The van der Waals surface area contributed by atoms with Gasteiger partial charge in [-0.15, -0.1) is 11.3 Å². The number of sulfonamides is 1. The van der Waals surface area contributed by atoms with Gasteiger partial charge in [0.1, 0.15) is 32.9 Å². The number of rotatable bonds is 10. The summed E-state index contributed by atoms with van der Waals surface area (Å²) in [5, 5.41) is 0.622. The van der Waals surface area contributed by atoms with Gasteiger partial charge in [-0.25, -0.2) is 28.2 Å². The summed E-state index contributed by atoms with van der Waals surface area (Å²) in [6.07, 6.45) is 2.19. The lowest BCUT2D eigenvalue weighted by Crippen LogP contribution is -2.42. The predicted octanol–water partition coefficient (Wildman–Crippen LogP) is 6.73. The van der Waals surface area contributed by atoms with E-state index in [4.69, 9.17) is 21.1 Å². The highest BCUT2D eigenvalue weighted by atomic mass is 35.5. The fraction of sp³-hybridized carbons (Fsp3) is 0.344. The van der Waals surface area contributed by atoms with Crippen molar-refractivity contribution in [2.24, 2.45) is 0 Å². The van der Waals surface area contributed by atoms with E-state index in [-0.39, 0.29) is 23.9 Å². The Hall–Kier alpha value is -3.91. The number of ether oxygens (including phenoxy) is 2. The van der Waals surface area contributed by atoms with Crippen LogP contribution < -0.4 is 4.90 Å². The average molecular weight is 686 g/mol. The Morgan fingerprint density at radius 2 is 1.57 bits per heavy atom. The molecule has 0 bridgehead atoms. The summed E-state index contributed by atoms with van der Waals surface area (Å²) in [6, 6.07) is 16.8. The molecule has 1 amide bonds. The van der Waals surface area contributed by atoms with Gasteiger partial charge in [-0.2, -0.15) is 4.31 Å². The largest absolute Gasteiger partial charge is 0.459 e. The molecule has 1 aromatic carbocycles. The van der Waals surface area contributed by atoms with Gasteiger partial charge in [0.25, 0.3) is 10.0 Å². The van der Waals surface area contributed by atoms with Gasteiger partial charge in [0.2, 0.25) is 0 Å². The molecule has 0 N–H and O–H groups in total. The zero-order valence-corrected chi connectivity index (χ0v) is 28.8. The van der Waals surface area contributed by atoms with Gasteiger partial charge < -0.3 is 9.47 Å². The number of nitrogens with zero attached hydrogens (tertiary/aromatic N) is 5. The number of hydrogen-bond acceptors (Lipinski definition) is 10. The fourth-order valence-corrected chi connectivity index (χ4v) is 6.39. The van der Waals surface area contributed by atoms with Crippen LogP contribution in [0.3, 0.4) is 0 Å². The molecular weight excluding hydrogens is 650 g/mol. The number of halogens is 1. The predicted molar refractivity (Wildman–Crippen MR) is 177 cm³/mol. The second kappa shape index (κ2) is 14.2. The highest BCUT2D eigenvalue weighted by Gasteiger charge is 2.30. The summed E-state index contributed by atoms with van der Waals surface area (Å²) in [5.74, 6) is -0.562. The standard InChI is InChI=1S/C32H36ClN5O6S2/c1-31(2,3)43-28(39)21-38(30(40)44-32(4,5)6)26-11-9-10-24(36-26)20-37(46(41,42)27-12-7-8-17-34-27)19-22-13-15-23(16-14-22)29-35-18-25(33)45-29/h7-18H,19-21H2,1-6H3. The molecule has 0 aliphatic carbocycles. The van der Waals surface area contributed by atoms with Crippen molar-refractivity contribution in [3.05, 3.63) is 88.7 Å². The summed E-state index contributed by atoms with van der Waals surface area (Å²) < 4.78 is 40.5. The zero-order valence-electron chi connectivity index (χ0n) is 26.4. The third kappa shape index (κ3) is 9.79. The summed E-state index contributed by atoms with van der Waals surface area (Å²) in [7, 11) is -4.09. The maximum Gasteiger partial charge on any atom is 0.416 e. The van der Waals surface area contributed by atoms with Crippen molar-refractivity contribution >= 4 is 50.8 Å². The van der Waals surface area contributed by atoms with Gasteiger partial charge in [0.15, 0.2) is 5.03 Å². The lowest BCUT2D eigenvalue weighted by molar-refractivity contribution is -0.153. The van der Waals surface area contributed by atoms with Crippen LogP contribution in [0.1, 0.15) is 52.8 Å². The minimum atomic E-state index is -4.09. The summed E-state index contributed by atoms with van der Waals surface area (Å²) in [6.45, 7) is 9.66. The Labute approximate surface area is 278 Å². The second-order valence-corrected chi connectivity index (χ2v) is 15.8. The molecule has 3 heterocycles. The van der Waals surface area contributed by atoms with Crippen molar-refractivity contribution in [1.82, 2.24) is 19.3 Å². The molecule has 4 rings (SSSR count). The first-order chi connectivity index (χ1) is 21.5. The lowest BCUT2D eigenvalue weighted by atomic mass is 10.1. The number of esters is 1. The van der Waals surface area contributed by atoms with E-state index in [0.29, 0.717) is 15.6 Å². The van der Waals surface area contributed by atoms with E-state index < -0.39 is 39.8 Å². The smallest absolute Gasteiger partial charge is 0.416 e. The monoisotopic (exact) mass is 685 g/mol. The third-order valence-corrected chi connectivity index (χ3v) is 8.88. The molecule has 0 saturated carbocycles. The van der Waals surface area contributed by atoms with Crippen LogP contribution in [0.4, 0.5) is 10.6 Å². The van der Waals surface area contributed by atoms with Crippen molar-refractivity contribution in [2.75, 3.05) is 11.4 Å². The topological polar surface area (TPSA) is 132 Å². The molecule has 0 atom stereocenters. The number of amides is 1. The molecule has 11 nitrogen and oxygen atoms in total. The Kier molecular flexibility index (Phi) is 10.8. The minimum Gasteiger partial charge on any atom is -0.459 e. The number of hydrogen-bond donors (Lipinski definition) is 0. The summed E-state index contributed by atoms with van der Waals surface area (Å²) >= 11 is 7.39. The maximum atomic E-state index is 13.9. The molecule has 46 heavy (non-hydrogen) atoms. The molecule has 0 fully saturated rings. The molecular formula is C32H36ClN5O6S2.